The Bertz CT molecular complexity index is 980. The molecule has 0 aliphatic rings. The Kier molecular flexibility index (Phi) is 15.1. The SMILES string of the molecule is CN[C@H](CC(C)C)C(=O)N(C)[C@@H](C(=O)N[C@@H](C(=O)N(C)[C@@H](C(=O)NCCc1ccccc1)C(C)C)C(C)C)C(C)C. The number of benzene rings is 1. The molecule has 0 unspecified atom stereocenters. The zero-order valence-corrected chi connectivity index (χ0v) is 27.2. The average molecular weight is 574 g/mol. The molecule has 0 bridgehead atoms. The van der Waals surface area contributed by atoms with Gasteiger partial charge in [-0.1, -0.05) is 85.7 Å². The Hall–Kier alpha value is -2.94. The molecule has 1 rings (SSSR count). The van der Waals surface area contributed by atoms with Gasteiger partial charge in [0.05, 0.1) is 6.04 Å². The van der Waals surface area contributed by atoms with Crippen molar-refractivity contribution in [3.63, 3.8) is 0 Å². The summed E-state index contributed by atoms with van der Waals surface area (Å²) in [6.07, 6.45) is 1.34. The highest BCUT2D eigenvalue weighted by Crippen LogP contribution is 2.18. The summed E-state index contributed by atoms with van der Waals surface area (Å²) in [5.74, 6) is -1.36. The monoisotopic (exact) mass is 573 g/mol. The fraction of sp³-hybridized carbons (Fsp3) is 0.688. The highest BCUT2D eigenvalue weighted by molar-refractivity contribution is 5.95. The molecule has 3 N–H and O–H groups in total. The third-order valence-corrected chi connectivity index (χ3v) is 7.47. The van der Waals surface area contributed by atoms with Crippen LogP contribution in [-0.2, 0) is 25.6 Å². The van der Waals surface area contributed by atoms with E-state index in [1.807, 2.05) is 85.7 Å². The summed E-state index contributed by atoms with van der Waals surface area (Å²) in [5.41, 5.74) is 1.12. The second kappa shape index (κ2) is 17.1. The van der Waals surface area contributed by atoms with E-state index in [2.05, 4.69) is 16.0 Å². The average Bonchev–Trinajstić information content (AvgIpc) is 2.89. The molecule has 9 nitrogen and oxygen atoms in total. The lowest BCUT2D eigenvalue weighted by atomic mass is 9.95. The summed E-state index contributed by atoms with van der Waals surface area (Å²) in [5, 5.41) is 8.99. The maximum Gasteiger partial charge on any atom is 0.245 e. The molecule has 41 heavy (non-hydrogen) atoms. The summed E-state index contributed by atoms with van der Waals surface area (Å²) in [6.45, 7) is 15.9. The van der Waals surface area contributed by atoms with Crippen molar-refractivity contribution >= 4 is 23.6 Å². The standard InChI is InChI=1S/C32H55N5O4/c1-20(2)19-25(33-9)31(40)36(10)28(23(7)8)30(39)35-26(21(3)4)32(41)37(11)27(22(5)6)29(38)34-18-17-24-15-13-12-14-16-24/h12-16,20-23,25-28,33H,17-19H2,1-11H3,(H,34,38)(H,35,39)/t25-,26-,27-,28-/m1/s1. The molecule has 1 aromatic rings. The highest BCUT2D eigenvalue weighted by Gasteiger charge is 2.38. The second-order valence-electron chi connectivity index (χ2n) is 12.5. The van der Waals surface area contributed by atoms with E-state index in [1.54, 1.807) is 21.1 Å². The van der Waals surface area contributed by atoms with Gasteiger partial charge in [-0.25, -0.2) is 0 Å². The molecule has 0 fully saturated rings. The molecule has 232 valence electrons. The quantitative estimate of drug-likeness (QED) is 0.282. The lowest BCUT2D eigenvalue weighted by Crippen LogP contribution is -2.61. The van der Waals surface area contributed by atoms with Crippen molar-refractivity contribution in [2.75, 3.05) is 27.7 Å². The van der Waals surface area contributed by atoms with Crippen molar-refractivity contribution in [1.82, 2.24) is 25.8 Å². The zero-order valence-electron chi connectivity index (χ0n) is 27.2. The summed E-state index contributed by atoms with van der Waals surface area (Å²) >= 11 is 0. The second-order valence-corrected chi connectivity index (χ2v) is 12.5. The van der Waals surface area contributed by atoms with E-state index in [9.17, 15) is 19.2 Å². The smallest absolute Gasteiger partial charge is 0.245 e. The molecule has 4 atom stereocenters. The van der Waals surface area contributed by atoms with E-state index in [4.69, 9.17) is 0 Å². The predicted octanol–water partition coefficient (Wildman–Crippen LogP) is 3.09. The van der Waals surface area contributed by atoms with Gasteiger partial charge in [-0.2, -0.15) is 0 Å². The fourth-order valence-electron chi connectivity index (χ4n) is 5.24. The molecule has 9 heteroatoms. The van der Waals surface area contributed by atoms with Gasteiger partial charge >= 0.3 is 0 Å². The van der Waals surface area contributed by atoms with Crippen LogP contribution in [-0.4, -0.2) is 85.3 Å². The van der Waals surface area contributed by atoms with Crippen LogP contribution in [0.15, 0.2) is 30.3 Å². The molecule has 0 radical (unpaired) electrons. The van der Waals surface area contributed by atoms with Crippen LogP contribution in [0.1, 0.15) is 67.4 Å². The number of rotatable bonds is 16. The maximum atomic E-state index is 13.8. The van der Waals surface area contributed by atoms with Crippen LogP contribution in [0.2, 0.25) is 0 Å². The molecule has 0 saturated carbocycles. The minimum absolute atomic E-state index is 0.143. The molecule has 0 saturated heterocycles. The van der Waals surface area contributed by atoms with Crippen LogP contribution >= 0.6 is 0 Å². The molecule has 4 amide bonds. The number of carbonyl (C=O) groups excluding carboxylic acids is 4. The number of nitrogens with one attached hydrogen (secondary N) is 3. The van der Waals surface area contributed by atoms with E-state index in [0.29, 0.717) is 25.3 Å². The first-order chi connectivity index (χ1) is 19.1. The van der Waals surface area contributed by atoms with E-state index in [1.165, 1.54) is 9.80 Å². The lowest BCUT2D eigenvalue weighted by molar-refractivity contribution is -0.147. The normalized spacial score (nSPS) is 14.5. The summed E-state index contributed by atoms with van der Waals surface area (Å²) in [7, 11) is 5.00. The molecule has 1 aromatic carbocycles. The van der Waals surface area contributed by atoms with Gasteiger partial charge in [-0.05, 0) is 49.1 Å². The third kappa shape index (κ3) is 10.8. The topological polar surface area (TPSA) is 111 Å². The van der Waals surface area contributed by atoms with Gasteiger partial charge in [-0.3, -0.25) is 19.2 Å². The minimum atomic E-state index is -0.855. The summed E-state index contributed by atoms with van der Waals surface area (Å²) < 4.78 is 0. The lowest BCUT2D eigenvalue weighted by Gasteiger charge is -2.37. The number of nitrogens with zero attached hydrogens (tertiary/aromatic N) is 2. The Morgan fingerprint density at radius 2 is 1.24 bits per heavy atom. The van der Waals surface area contributed by atoms with Crippen LogP contribution in [0.3, 0.4) is 0 Å². The fourth-order valence-corrected chi connectivity index (χ4v) is 5.24. The summed E-state index contributed by atoms with van der Waals surface area (Å²) in [6, 6.07) is 7.17. The van der Waals surface area contributed by atoms with Crippen molar-refractivity contribution in [2.24, 2.45) is 23.7 Å². The molecule has 0 aliphatic carbocycles. The number of hydrogen-bond acceptors (Lipinski definition) is 5. The van der Waals surface area contributed by atoms with Gasteiger partial charge in [0.25, 0.3) is 0 Å². The van der Waals surface area contributed by atoms with Crippen molar-refractivity contribution in [3.8, 4) is 0 Å². The largest absolute Gasteiger partial charge is 0.354 e. The van der Waals surface area contributed by atoms with Crippen LogP contribution in [0.4, 0.5) is 0 Å². The van der Waals surface area contributed by atoms with Crippen LogP contribution in [0.5, 0.6) is 0 Å². The van der Waals surface area contributed by atoms with E-state index < -0.39 is 24.2 Å². The Morgan fingerprint density at radius 1 is 0.732 bits per heavy atom. The van der Waals surface area contributed by atoms with E-state index in [0.717, 1.165) is 5.56 Å². The maximum absolute atomic E-state index is 13.8. The van der Waals surface area contributed by atoms with Crippen LogP contribution < -0.4 is 16.0 Å². The van der Waals surface area contributed by atoms with E-state index >= 15 is 0 Å². The Labute approximate surface area is 248 Å². The van der Waals surface area contributed by atoms with Crippen LogP contribution in [0.25, 0.3) is 0 Å². The number of hydrogen-bond donors (Lipinski definition) is 3. The Morgan fingerprint density at radius 3 is 1.71 bits per heavy atom. The zero-order chi connectivity index (χ0) is 31.4. The molecular weight excluding hydrogens is 518 g/mol. The number of likely N-dealkylation sites (N-methyl/N-ethyl adjacent to an activating group) is 3. The first-order valence-corrected chi connectivity index (χ1v) is 15.0. The molecule has 0 aromatic heterocycles. The van der Waals surface area contributed by atoms with Gasteiger partial charge in [0.2, 0.25) is 23.6 Å². The Balaban J connectivity index is 3.06. The predicted molar refractivity (Wildman–Crippen MR) is 165 cm³/mol. The first kappa shape index (κ1) is 36.1. The van der Waals surface area contributed by atoms with Gasteiger partial charge in [0.1, 0.15) is 18.1 Å². The summed E-state index contributed by atoms with van der Waals surface area (Å²) in [4.78, 5) is 56.9. The van der Waals surface area contributed by atoms with Crippen molar-refractivity contribution in [2.45, 2.75) is 92.4 Å². The van der Waals surface area contributed by atoms with Gasteiger partial charge < -0.3 is 25.8 Å². The highest BCUT2D eigenvalue weighted by atomic mass is 16.2. The molecular formula is C32H55N5O4. The number of carbonyl (C=O) groups is 4. The van der Waals surface area contributed by atoms with Gasteiger partial charge in [0, 0.05) is 20.6 Å². The third-order valence-electron chi connectivity index (χ3n) is 7.47. The first-order valence-electron chi connectivity index (χ1n) is 15.0. The van der Waals surface area contributed by atoms with Crippen molar-refractivity contribution in [3.05, 3.63) is 35.9 Å². The number of amides is 4. The molecule has 0 aliphatic heterocycles. The van der Waals surface area contributed by atoms with Gasteiger partial charge in [0.15, 0.2) is 0 Å². The minimum Gasteiger partial charge on any atom is -0.354 e. The van der Waals surface area contributed by atoms with Crippen LogP contribution in [0, 0.1) is 23.7 Å². The van der Waals surface area contributed by atoms with Crippen molar-refractivity contribution in [1.29, 1.82) is 0 Å². The molecule has 0 spiro atoms. The van der Waals surface area contributed by atoms with Gasteiger partial charge in [-0.15, -0.1) is 0 Å². The van der Waals surface area contributed by atoms with Crippen molar-refractivity contribution < 1.29 is 19.2 Å². The van der Waals surface area contributed by atoms with E-state index in [-0.39, 0.29) is 41.4 Å². The molecule has 0 heterocycles.